The molecule has 0 atom stereocenters. The maximum atomic E-state index is 8.95. The number of nitriles is 1. The predicted molar refractivity (Wildman–Crippen MR) is 71.8 cm³/mol. The van der Waals surface area contributed by atoms with Crippen LogP contribution in [0.2, 0.25) is 0 Å². The lowest BCUT2D eigenvalue weighted by atomic mass is 9.96. The van der Waals surface area contributed by atoms with Gasteiger partial charge >= 0.3 is 0 Å². The van der Waals surface area contributed by atoms with Crippen molar-refractivity contribution in [2.45, 2.75) is 13.8 Å². The quantitative estimate of drug-likeness (QED) is 0.860. The summed E-state index contributed by atoms with van der Waals surface area (Å²) in [5, 5.41) is 14.7. The molecule has 0 radical (unpaired) electrons. The number of fused-ring (bicyclic) bond motifs is 1. The maximum Gasteiger partial charge on any atom is 0.0702 e. The van der Waals surface area contributed by atoms with Crippen LogP contribution in [0.25, 0.3) is 10.8 Å². The second-order valence-corrected chi connectivity index (χ2v) is 4.91. The fourth-order valence-electron chi connectivity index (χ4n) is 1.66. The molecule has 2 rings (SSSR count). The largest absolute Gasteiger partial charge is 0.383 e. The minimum absolute atomic E-state index is 0.342. The molecule has 0 unspecified atom stereocenters. The van der Waals surface area contributed by atoms with E-state index in [0.717, 1.165) is 5.69 Å². The summed E-state index contributed by atoms with van der Waals surface area (Å²) in [4.78, 5) is 0. The molecule has 2 aromatic rings. The van der Waals surface area contributed by atoms with Gasteiger partial charge in [-0.2, -0.15) is 5.26 Å². The number of anilines is 1. The first kappa shape index (κ1) is 11.5. The fourth-order valence-corrected chi connectivity index (χ4v) is 1.66. The topological polar surface area (TPSA) is 35.8 Å². The first-order chi connectivity index (χ1) is 8.11. The smallest absolute Gasteiger partial charge is 0.0702 e. The van der Waals surface area contributed by atoms with Gasteiger partial charge in [0, 0.05) is 12.2 Å². The number of nitrogens with one attached hydrogen (secondary N) is 1. The molecule has 2 aromatic carbocycles. The molecule has 0 saturated carbocycles. The molecule has 1 N–H and O–H groups in total. The maximum absolute atomic E-state index is 8.95. The molecule has 0 heterocycles. The van der Waals surface area contributed by atoms with Gasteiger partial charge in [-0.1, -0.05) is 30.3 Å². The van der Waals surface area contributed by atoms with Gasteiger partial charge in [0.1, 0.15) is 0 Å². The Morgan fingerprint density at radius 1 is 1.12 bits per heavy atom. The average molecular weight is 224 g/mol. The van der Waals surface area contributed by atoms with Gasteiger partial charge < -0.3 is 5.32 Å². The predicted octanol–water partition coefficient (Wildman–Crippen LogP) is 3.80. The zero-order valence-corrected chi connectivity index (χ0v) is 10.2. The Balaban J connectivity index is 2.18. The summed E-state index contributed by atoms with van der Waals surface area (Å²) in [6.45, 7) is 4.52. The minimum atomic E-state index is -0.342. The van der Waals surface area contributed by atoms with E-state index in [-0.39, 0.29) is 5.41 Å². The molecule has 0 spiro atoms. The highest BCUT2D eigenvalue weighted by molar-refractivity contribution is 5.85. The Labute approximate surface area is 102 Å². The van der Waals surface area contributed by atoms with Gasteiger partial charge in [-0.05, 0) is 36.8 Å². The molecule has 0 aromatic heterocycles. The second-order valence-electron chi connectivity index (χ2n) is 4.91. The Hall–Kier alpha value is -2.01. The average Bonchev–Trinajstić information content (AvgIpc) is 2.36. The molecule has 2 nitrogen and oxygen atoms in total. The van der Waals surface area contributed by atoms with Crippen molar-refractivity contribution >= 4 is 16.5 Å². The Morgan fingerprint density at radius 2 is 1.82 bits per heavy atom. The van der Waals surface area contributed by atoms with Gasteiger partial charge in [0.15, 0.2) is 0 Å². The van der Waals surface area contributed by atoms with Crippen LogP contribution in [-0.2, 0) is 0 Å². The van der Waals surface area contributed by atoms with Crippen molar-refractivity contribution in [1.82, 2.24) is 0 Å². The van der Waals surface area contributed by atoms with Crippen molar-refractivity contribution in [3.05, 3.63) is 42.5 Å². The lowest BCUT2D eigenvalue weighted by Crippen LogP contribution is -2.20. The molecule has 0 fully saturated rings. The first-order valence-electron chi connectivity index (χ1n) is 5.75. The van der Waals surface area contributed by atoms with Gasteiger partial charge in [0.05, 0.1) is 11.5 Å². The summed E-state index contributed by atoms with van der Waals surface area (Å²) in [5.41, 5.74) is 0.720. The van der Waals surface area contributed by atoms with Crippen LogP contribution in [0, 0.1) is 16.7 Å². The van der Waals surface area contributed by atoms with E-state index in [1.165, 1.54) is 10.8 Å². The molecule has 0 aliphatic heterocycles. The molecule has 0 saturated heterocycles. The summed E-state index contributed by atoms with van der Waals surface area (Å²) >= 11 is 0. The third-order valence-electron chi connectivity index (χ3n) is 2.79. The molecule has 0 aliphatic rings. The zero-order valence-electron chi connectivity index (χ0n) is 10.2. The van der Waals surface area contributed by atoms with Crippen molar-refractivity contribution in [3.63, 3.8) is 0 Å². The normalized spacial score (nSPS) is 11.1. The van der Waals surface area contributed by atoms with Crippen molar-refractivity contribution < 1.29 is 0 Å². The van der Waals surface area contributed by atoms with Crippen molar-refractivity contribution in [2.24, 2.45) is 5.41 Å². The number of nitrogens with zero attached hydrogens (tertiary/aromatic N) is 1. The van der Waals surface area contributed by atoms with E-state index in [1.54, 1.807) is 0 Å². The zero-order chi connectivity index (χ0) is 12.3. The van der Waals surface area contributed by atoms with Crippen LogP contribution in [0.5, 0.6) is 0 Å². The molecule has 0 amide bonds. The highest BCUT2D eigenvalue weighted by Crippen LogP contribution is 2.20. The molecule has 2 heteroatoms. The Bertz CT molecular complexity index is 564. The summed E-state index contributed by atoms with van der Waals surface area (Å²) in [6, 6.07) is 16.8. The molecular formula is C15H16N2. The Kier molecular flexibility index (Phi) is 3.01. The molecule has 17 heavy (non-hydrogen) atoms. The van der Waals surface area contributed by atoms with Crippen LogP contribution >= 0.6 is 0 Å². The van der Waals surface area contributed by atoms with Crippen LogP contribution in [0.1, 0.15) is 13.8 Å². The number of hydrogen-bond donors (Lipinski definition) is 1. The standard InChI is InChI=1S/C15H16N2/c1-15(2,10-16)11-17-14-8-7-12-5-3-4-6-13(12)9-14/h3-9,17H,11H2,1-2H3. The summed E-state index contributed by atoms with van der Waals surface area (Å²) in [7, 11) is 0. The molecule has 86 valence electrons. The van der Waals surface area contributed by atoms with E-state index in [1.807, 2.05) is 26.0 Å². The van der Waals surface area contributed by atoms with Crippen LogP contribution in [-0.4, -0.2) is 6.54 Å². The van der Waals surface area contributed by atoms with Crippen molar-refractivity contribution in [2.75, 3.05) is 11.9 Å². The summed E-state index contributed by atoms with van der Waals surface area (Å²) < 4.78 is 0. The van der Waals surface area contributed by atoms with Crippen molar-refractivity contribution in [3.8, 4) is 6.07 Å². The summed E-state index contributed by atoms with van der Waals surface area (Å²) in [5.74, 6) is 0. The monoisotopic (exact) mass is 224 g/mol. The number of hydrogen-bond acceptors (Lipinski definition) is 2. The van der Waals surface area contributed by atoms with Gasteiger partial charge in [0.2, 0.25) is 0 Å². The van der Waals surface area contributed by atoms with Crippen molar-refractivity contribution in [1.29, 1.82) is 5.26 Å². The fraction of sp³-hybridized carbons (Fsp3) is 0.267. The van der Waals surface area contributed by atoms with Crippen LogP contribution in [0.4, 0.5) is 5.69 Å². The van der Waals surface area contributed by atoms with Gasteiger partial charge in [-0.15, -0.1) is 0 Å². The van der Waals surface area contributed by atoms with Gasteiger partial charge in [0.25, 0.3) is 0 Å². The molecular weight excluding hydrogens is 208 g/mol. The third kappa shape index (κ3) is 2.76. The molecule has 0 bridgehead atoms. The number of rotatable bonds is 3. The van der Waals surface area contributed by atoms with Crippen LogP contribution < -0.4 is 5.32 Å². The third-order valence-corrected chi connectivity index (χ3v) is 2.79. The van der Waals surface area contributed by atoms with E-state index >= 15 is 0 Å². The van der Waals surface area contributed by atoms with Gasteiger partial charge in [-0.3, -0.25) is 0 Å². The summed E-state index contributed by atoms with van der Waals surface area (Å²) in [6.07, 6.45) is 0. The van der Waals surface area contributed by atoms with Crippen LogP contribution in [0.3, 0.4) is 0 Å². The highest BCUT2D eigenvalue weighted by Gasteiger charge is 2.15. The van der Waals surface area contributed by atoms with E-state index in [2.05, 4.69) is 41.7 Å². The SMILES string of the molecule is CC(C)(C#N)CNc1ccc2ccccc2c1. The first-order valence-corrected chi connectivity index (χ1v) is 5.75. The number of benzene rings is 2. The van der Waals surface area contributed by atoms with Gasteiger partial charge in [-0.25, -0.2) is 0 Å². The Morgan fingerprint density at radius 3 is 2.53 bits per heavy atom. The highest BCUT2D eigenvalue weighted by atomic mass is 14.9. The van der Waals surface area contributed by atoms with E-state index < -0.39 is 0 Å². The molecule has 0 aliphatic carbocycles. The minimum Gasteiger partial charge on any atom is -0.383 e. The van der Waals surface area contributed by atoms with E-state index in [9.17, 15) is 0 Å². The lowest BCUT2D eigenvalue weighted by molar-refractivity contribution is 0.529. The van der Waals surface area contributed by atoms with E-state index in [0.29, 0.717) is 6.54 Å². The second kappa shape index (κ2) is 4.47. The lowest BCUT2D eigenvalue weighted by Gasteiger charge is -2.17. The van der Waals surface area contributed by atoms with E-state index in [4.69, 9.17) is 5.26 Å². The van der Waals surface area contributed by atoms with Crippen LogP contribution in [0.15, 0.2) is 42.5 Å².